The van der Waals surface area contributed by atoms with E-state index in [1.54, 1.807) is 13.8 Å². The average molecular weight is 274 g/mol. The highest BCUT2D eigenvalue weighted by molar-refractivity contribution is 4.86. The van der Waals surface area contributed by atoms with Crippen LogP contribution in [-0.2, 0) is 18.9 Å². The molecule has 2 saturated heterocycles. The Morgan fingerprint density at radius 2 is 1.89 bits per heavy atom. The van der Waals surface area contributed by atoms with Gasteiger partial charge >= 0.3 is 0 Å². The summed E-state index contributed by atoms with van der Waals surface area (Å²) in [5, 5.41) is 9.85. The SMILES string of the molecule is C[C@@H]1COC2COC(C)(C)O[C@H]2CC1OC(C)(C)O. The Morgan fingerprint density at radius 3 is 2.53 bits per heavy atom. The maximum absolute atomic E-state index is 9.85. The lowest BCUT2D eigenvalue weighted by molar-refractivity contribution is -0.311. The molecule has 2 rings (SSSR count). The highest BCUT2D eigenvalue weighted by atomic mass is 16.7. The van der Waals surface area contributed by atoms with Crippen LogP contribution in [0.4, 0.5) is 0 Å². The van der Waals surface area contributed by atoms with Crippen LogP contribution in [0.25, 0.3) is 0 Å². The predicted octanol–water partition coefficient (Wildman–Crippen LogP) is 1.68. The molecule has 0 aromatic rings. The Hall–Kier alpha value is -0.200. The lowest BCUT2D eigenvalue weighted by atomic mass is 9.98. The summed E-state index contributed by atoms with van der Waals surface area (Å²) in [5.41, 5.74) is 0. The second-order valence-electron chi connectivity index (χ2n) is 6.55. The van der Waals surface area contributed by atoms with E-state index >= 15 is 0 Å². The fourth-order valence-corrected chi connectivity index (χ4v) is 2.60. The van der Waals surface area contributed by atoms with Crippen molar-refractivity contribution in [1.29, 1.82) is 0 Å². The molecule has 1 N–H and O–H groups in total. The zero-order chi connectivity index (χ0) is 14.3. The van der Waals surface area contributed by atoms with Crippen molar-refractivity contribution < 1.29 is 24.1 Å². The first-order valence-corrected chi connectivity index (χ1v) is 7.00. The smallest absolute Gasteiger partial charge is 0.163 e. The van der Waals surface area contributed by atoms with Gasteiger partial charge in [-0.3, -0.25) is 0 Å². The molecule has 0 spiro atoms. The van der Waals surface area contributed by atoms with Crippen LogP contribution in [0, 0.1) is 5.92 Å². The number of rotatable bonds is 2. The Morgan fingerprint density at radius 1 is 1.21 bits per heavy atom. The van der Waals surface area contributed by atoms with Gasteiger partial charge < -0.3 is 24.1 Å². The lowest BCUT2D eigenvalue weighted by Gasteiger charge is -2.40. The van der Waals surface area contributed by atoms with E-state index in [0.29, 0.717) is 19.6 Å². The van der Waals surface area contributed by atoms with E-state index in [1.807, 2.05) is 13.8 Å². The van der Waals surface area contributed by atoms with Crippen LogP contribution in [0.3, 0.4) is 0 Å². The van der Waals surface area contributed by atoms with E-state index in [4.69, 9.17) is 18.9 Å². The largest absolute Gasteiger partial charge is 0.373 e. The molecule has 0 aromatic heterocycles. The number of fused-ring (bicyclic) bond motifs is 1. The van der Waals surface area contributed by atoms with Gasteiger partial charge in [0.1, 0.15) is 6.10 Å². The van der Waals surface area contributed by atoms with E-state index in [1.165, 1.54) is 0 Å². The molecule has 0 bridgehead atoms. The highest BCUT2D eigenvalue weighted by Crippen LogP contribution is 2.32. The molecule has 0 aromatic carbocycles. The summed E-state index contributed by atoms with van der Waals surface area (Å²) in [4.78, 5) is 0. The Bertz CT molecular complexity index is 307. The number of hydrogen-bond acceptors (Lipinski definition) is 5. The normalized spacial score (nSPS) is 39.5. The average Bonchev–Trinajstić information content (AvgIpc) is 2.36. The molecule has 2 fully saturated rings. The van der Waals surface area contributed by atoms with Crippen LogP contribution in [0.2, 0.25) is 0 Å². The third kappa shape index (κ3) is 4.13. The molecular formula is C14H26O5. The quantitative estimate of drug-likeness (QED) is 0.776. The van der Waals surface area contributed by atoms with Crippen molar-refractivity contribution in [1.82, 2.24) is 0 Å². The van der Waals surface area contributed by atoms with Crippen LogP contribution in [-0.4, -0.2) is 48.2 Å². The zero-order valence-electron chi connectivity index (χ0n) is 12.5. The van der Waals surface area contributed by atoms with Gasteiger partial charge in [-0.2, -0.15) is 0 Å². The Kier molecular flexibility index (Phi) is 4.23. The van der Waals surface area contributed by atoms with Gasteiger partial charge in [0, 0.05) is 12.3 Å². The maximum atomic E-state index is 9.85. The minimum atomic E-state index is -1.14. The van der Waals surface area contributed by atoms with Crippen LogP contribution >= 0.6 is 0 Å². The molecule has 5 nitrogen and oxygen atoms in total. The summed E-state index contributed by atoms with van der Waals surface area (Å²) in [5.74, 6) is -1.51. The first-order valence-electron chi connectivity index (χ1n) is 7.00. The van der Waals surface area contributed by atoms with Crippen molar-refractivity contribution in [3.63, 3.8) is 0 Å². The van der Waals surface area contributed by atoms with Crippen LogP contribution < -0.4 is 0 Å². The van der Waals surface area contributed by atoms with E-state index < -0.39 is 11.6 Å². The van der Waals surface area contributed by atoms with Gasteiger partial charge in [-0.25, -0.2) is 0 Å². The molecule has 4 atom stereocenters. The summed E-state index contributed by atoms with van der Waals surface area (Å²) in [6.45, 7) is 10.3. The summed E-state index contributed by atoms with van der Waals surface area (Å²) >= 11 is 0. The van der Waals surface area contributed by atoms with Crippen molar-refractivity contribution in [2.75, 3.05) is 13.2 Å². The maximum Gasteiger partial charge on any atom is 0.163 e. The molecule has 2 aliphatic rings. The van der Waals surface area contributed by atoms with Crippen LogP contribution in [0.1, 0.15) is 41.0 Å². The van der Waals surface area contributed by atoms with Crippen molar-refractivity contribution in [3.8, 4) is 0 Å². The number of aliphatic hydroxyl groups is 1. The lowest BCUT2D eigenvalue weighted by Crippen LogP contribution is -2.50. The van der Waals surface area contributed by atoms with E-state index in [9.17, 15) is 5.11 Å². The highest BCUT2D eigenvalue weighted by Gasteiger charge is 2.42. The molecule has 2 heterocycles. The first-order chi connectivity index (χ1) is 8.66. The van der Waals surface area contributed by atoms with Gasteiger partial charge in [0.05, 0.1) is 25.4 Å². The Labute approximate surface area is 115 Å². The third-order valence-electron chi connectivity index (χ3n) is 3.56. The van der Waals surface area contributed by atoms with Gasteiger partial charge in [-0.05, 0) is 27.7 Å². The molecule has 2 unspecified atom stereocenters. The van der Waals surface area contributed by atoms with Gasteiger partial charge in [0.2, 0.25) is 0 Å². The second kappa shape index (κ2) is 5.30. The van der Waals surface area contributed by atoms with Gasteiger partial charge in [-0.15, -0.1) is 0 Å². The fourth-order valence-electron chi connectivity index (χ4n) is 2.60. The first kappa shape index (κ1) is 15.2. The molecule has 0 amide bonds. The standard InChI is InChI=1S/C14H26O5/c1-9-7-16-12-8-17-14(4,5)19-11(12)6-10(9)18-13(2,3)15/h9-12,15H,6-8H2,1-5H3/t9-,10?,11+,12?/m1/s1. The molecule has 0 radical (unpaired) electrons. The summed E-state index contributed by atoms with van der Waals surface area (Å²) in [6, 6.07) is 0. The molecule has 19 heavy (non-hydrogen) atoms. The van der Waals surface area contributed by atoms with Crippen molar-refractivity contribution in [2.45, 2.75) is 70.9 Å². The number of hydrogen-bond donors (Lipinski definition) is 1. The predicted molar refractivity (Wildman–Crippen MR) is 69.6 cm³/mol. The monoisotopic (exact) mass is 274 g/mol. The topological polar surface area (TPSA) is 57.2 Å². The Balaban J connectivity index is 2.06. The summed E-state index contributed by atoms with van der Waals surface area (Å²) < 4.78 is 23.2. The van der Waals surface area contributed by atoms with E-state index in [2.05, 4.69) is 6.92 Å². The molecule has 0 saturated carbocycles. The van der Waals surface area contributed by atoms with Gasteiger partial charge in [0.15, 0.2) is 11.6 Å². The van der Waals surface area contributed by atoms with Gasteiger partial charge in [0.25, 0.3) is 0 Å². The molecular weight excluding hydrogens is 248 g/mol. The number of ether oxygens (including phenoxy) is 4. The molecule has 2 aliphatic heterocycles. The second-order valence-corrected chi connectivity index (χ2v) is 6.55. The van der Waals surface area contributed by atoms with Crippen LogP contribution in [0.15, 0.2) is 0 Å². The minimum absolute atomic E-state index is 0.0501. The van der Waals surface area contributed by atoms with Crippen molar-refractivity contribution >= 4 is 0 Å². The van der Waals surface area contributed by atoms with E-state index in [0.717, 1.165) is 0 Å². The van der Waals surface area contributed by atoms with Crippen LogP contribution in [0.5, 0.6) is 0 Å². The zero-order valence-corrected chi connectivity index (χ0v) is 12.5. The summed E-state index contributed by atoms with van der Waals surface area (Å²) in [6.07, 6.45) is 0.527. The van der Waals surface area contributed by atoms with E-state index in [-0.39, 0.29) is 24.2 Å². The minimum Gasteiger partial charge on any atom is -0.373 e. The van der Waals surface area contributed by atoms with Gasteiger partial charge in [-0.1, -0.05) is 6.92 Å². The molecule has 0 aliphatic carbocycles. The fraction of sp³-hybridized carbons (Fsp3) is 1.00. The van der Waals surface area contributed by atoms with Crippen molar-refractivity contribution in [2.24, 2.45) is 5.92 Å². The third-order valence-corrected chi connectivity index (χ3v) is 3.56. The molecule has 5 heteroatoms. The molecule has 112 valence electrons. The van der Waals surface area contributed by atoms with Crippen molar-refractivity contribution in [3.05, 3.63) is 0 Å². The summed E-state index contributed by atoms with van der Waals surface area (Å²) in [7, 11) is 0.